The summed E-state index contributed by atoms with van der Waals surface area (Å²) in [6.45, 7) is 10.2. The Morgan fingerprint density at radius 1 is 1.42 bits per heavy atom. The molecule has 1 fully saturated rings. The molecule has 0 amide bonds. The first-order chi connectivity index (χ1) is 9.10. The van der Waals surface area contributed by atoms with E-state index in [0.29, 0.717) is 6.04 Å². The van der Waals surface area contributed by atoms with Crippen LogP contribution < -0.4 is 10.2 Å². The van der Waals surface area contributed by atoms with Crippen LogP contribution in [0.1, 0.15) is 32.8 Å². The van der Waals surface area contributed by atoms with Crippen LogP contribution in [0, 0.1) is 5.92 Å². The smallest absolute Gasteiger partial charge is 0.0399 e. The molecule has 0 spiro atoms. The van der Waals surface area contributed by atoms with Gasteiger partial charge in [-0.15, -0.1) is 0 Å². The zero-order chi connectivity index (χ0) is 13.8. The fourth-order valence-corrected chi connectivity index (χ4v) is 3.17. The third-order valence-electron chi connectivity index (χ3n) is 3.86. The monoisotopic (exact) mass is 324 g/mol. The van der Waals surface area contributed by atoms with E-state index in [9.17, 15) is 0 Å². The number of nitrogens with one attached hydrogen (secondary N) is 1. The van der Waals surface area contributed by atoms with Gasteiger partial charge in [-0.3, -0.25) is 0 Å². The quantitative estimate of drug-likeness (QED) is 0.885. The molecule has 19 heavy (non-hydrogen) atoms. The molecular weight excluding hydrogens is 300 g/mol. The largest absolute Gasteiger partial charge is 0.371 e. The molecule has 1 saturated heterocycles. The maximum absolute atomic E-state index is 3.57. The van der Waals surface area contributed by atoms with Crippen LogP contribution in [-0.2, 0) is 6.42 Å². The van der Waals surface area contributed by atoms with Gasteiger partial charge in [0.15, 0.2) is 0 Å². The Bertz CT molecular complexity index is 417. The van der Waals surface area contributed by atoms with Gasteiger partial charge in [-0.2, -0.15) is 0 Å². The van der Waals surface area contributed by atoms with Crippen LogP contribution in [-0.4, -0.2) is 25.7 Å². The van der Waals surface area contributed by atoms with Gasteiger partial charge in [0.2, 0.25) is 0 Å². The van der Waals surface area contributed by atoms with E-state index >= 15 is 0 Å². The van der Waals surface area contributed by atoms with Gasteiger partial charge in [0, 0.05) is 29.3 Å². The minimum absolute atomic E-state index is 0.591. The second-order valence-electron chi connectivity index (χ2n) is 5.79. The van der Waals surface area contributed by atoms with Crippen molar-refractivity contribution in [1.29, 1.82) is 0 Å². The van der Waals surface area contributed by atoms with Gasteiger partial charge in [-0.25, -0.2) is 0 Å². The van der Waals surface area contributed by atoms with Gasteiger partial charge in [-0.05, 0) is 49.1 Å². The number of hydrogen-bond donors (Lipinski definition) is 1. The number of nitrogens with zero attached hydrogens (tertiary/aromatic N) is 1. The Balaban J connectivity index is 2.00. The molecule has 0 aromatic heterocycles. The number of rotatable bonds is 5. The molecule has 1 aromatic rings. The molecule has 1 aliphatic heterocycles. The summed E-state index contributed by atoms with van der Waals surface area (Å²) in [5, 5.41) is 3.56. The van der Waals surface area contributed by atoms with Crippen LogP contribution in [0.2, 0.25) is 0 Å². The van der Waals surface area contributed by atoms with Gasteiger partial charge < -0.3 is 10.2 Å². The fourth-order valence-electron chi connectivity index (χ4n) is 2.77. The summed E-state index contributed by atoms with van der Waals surface area (Å²) in [6, 6.07) is 7.28. The Kier molecular flexibility index (Phi) is 5.28. The topological polar surface area (TPSA) is 15.3 Å². The Labute approximate surface area is 125 Å². The van der Waals surface area contributed by atoms with Gasteiger partial charge in [-0.1, -0.05) is 36.7 Å². The Hall–Kier alpha value is -0.540. The molecule has 1 heterocycles. The van der Waals surface area contributed by atoms with E-state index < -0.39 is 0 Å². The first-order valence-corrected chi connectivity index (χ1v) is 8.16. The highest BCUT2D eigenvalue weighted by atomic mass is 79.9. The molecule has 2 rings (SSSR count). The molecule has 0 radical (unpaired) electrons. The fraction of sp³-hybridized carbons (Fsp3) is 0.625. The van der Waals surface area contributed by atoms with Crippen LogP contribution in [0.5, 0.6) is 0 Å². The highest BCUT2D eigenvalue weighted by Gasteiger charge is 2.23. The van der Waals surface area contributed by atoms with E-state index in [1.165, 1.54) is 35.2 Å². The zero-order valence-corrected chi connectivity index (χ0v) is 13.8. The predicted octanol–water partition coefficient (Wildman–Crippen LogP) is 3.84. The van der Waals surface area contributed by atoms with Crippen LogP contribution in [0.25, 0.3) is 0 Å². The lowest BCUT2D eigenvalue weighted by atomic mass is 10.1. The van der Waals surface area contributed by atoms with E-state index in [4.69, 9.17) is 0 Å². The van der Waals surface area contributed by atoms with E-state index in [-0.39, 0.29) is 0 Å². The lowest BCUT2D eigenvalue weighted by Crippen LogP contribution is -2.30. The van der Waals surface area contributed by atoms with Crippen molar-refractivity contribution in [3.63, 3.8) is 0 Å². The van der Waals surface area contributed by atoms with Gasteiger partial charge in [0.1, 0.15) is 0 Å². The summed E-state index contributed by atoms with van der Waals surface area (Å²) >= 11 is 3.57. The summed E-state index contributed by atoms with van der Waals surface area (Å²) < 4.78 is 1.19. The van der Waals surface area contributed by atoms with Crippen molar-refractivity contribution in [3.8, 4) is 0 Å². The van der Waals surface area contributed by atoms with Crippen molar-refractivity contribution in [2.75, 3.05) is 24.5 Å². The molecular formula is C16H25BrN2. The standard InChI is InChI=1S/C16H25BrN2/c1-4-14-9-15(17)5-6-16(14)19-8-7-13(11-19)10-18-12(2)3/h5-6,9,12-13,18H,4,7-8,10-11H2,1-3H3. The highest BCUT2D eigenvalue weighted by Crippen LogP contribution is 2.29. The number of anilines is 1. The molecule has 3 heteroatoms. The summed E-state index contributed by atoms with van der Waals surface area (Å²) in [6.07, 6.45) is 2.40. The van der Waals surface area contributed by atoms with Crippen molar-refractivity contribution >= 4 is 21.6 Å². The second kappa shape index (κ2) is 6.76. The maximum Gasteiger partial charge on any atom is 0.0399 e. The van der Waals surface area contributed by atoms with Crippen molar-refractivity contribution < 1.29 is 0 Å². The van der Waals surface area contributed by atoms with E-state index in [1.54, 1.807) is 0 Å². The van der Waals surface area contributed by atoms with Gasteiger partial charge in [0.25, 0.3) is 0 Å². The van der Waals surface area contributed by atoms with Crippen LogP contribution in [0.3, 0.4) is 0 Å². The van der Waals surface area contributed by atoms with E-state index in [1.807, 2.05) is 0 Å². The highest BCUT2D eigenvalue weighted by molar-refractivity contribution is 9.10. The van der Waals surface area contributed by atoms with Gasteiger partial charge >= 0.3 is 0 Å². The molecule has 0 aliphatic carbocycles. The summed E-state index contributed by atoms with van der Waals surface area (Å²) in [7, 11) is 0. The third kappa shape index (κ3) is 3.96. The van der Waals surface area contributed by atoms with E-state index in [0.717, 1.165) is 18.9 Å². The minimum atomic E-state index is 0.591. The molecule has 1 atom stereocenters. The van der Waals surface area contributed by atoms with Crippen LogP contribution >= 0.6 is 15.9 Å². The average Bonchev–Trinajstić information content (AvgIpc) is 2.84. The molecule has 1 unspecified atom stereocenters. The van der Waals surface area contributed by atoms with Crippen molar-refractivity contribution in [2.24, 2.45) is 5.92 Å². The number of benzene rings is 1. The molecule has 2 nitrogen and oxygen atoms in total. The maximum atomic E-state index is 3.57. The van der Waals surface area contributed by atoms with Crippen LogP contribution in [0.4, 0.5) is 5.69 Å². The van der Waals surface area contributed by atoms with Crippen molar-refractivity contribution in [3.05, 3.63) is 28.2 Å². The molecule has 0 saturated carbocycles. The Morgan fingerprint density at radius 3 is 2.89 bits per heavy atom. The number of aryl methyl sites for hydroxylation is 1. The second-order valence-corrected chi connectivity index (χ2v) is 6.71. The molecule has 1 aromatic carbocycles. The van der Waals surface area contributed by atoms with Gasteiger partial charge in [0.05, 0.1) is 0 Å². The average molecular weight is 325 g/mol. The lowest BCUT2D eigenvalue weighted by molar-refractivity contribution is 0.480. The summed E-state index contributed by atoms with van der Waals surface area (Å²) in [4.78, 5) is 2.55. The normalized spacial score (nSPS) is 19.4. The number of hydrogen-bond acceptors (Lipinski definition) is 2. The van der Waals surface area contributed by atoms with E-state index in [2.05, 4.69) is 65.1 Å². The Morgan fingerprint density at radius 2 is 2.21 bits per heavy atom. The molecule has 0 bridgehead atoms. The summed E-state index contributed by atoms with van der Waals surface area (Å²) in [5.41, 5.74) is 2.88. The first-order valence-electron chi connectivity index (χ1n) is 7.37. The van der Waals surface area contributed by atoms with Crippen molar-refractivity contribution in [1.82, 2.24) is 5.32 Å². The summed E-state index contributed by atoms with van der Waals surface area (Å²) in [5.74, 6) is 0.788. The minimum Gasteiger partial charge on any atom is -0.371 e. The molecule has 1 aliphatic rings. The van der Waals surface area contributed by atoms with Crippen LogP contribution in [0.15, 0.2) is 22.7 Å². The SMILES string of the molecule is CCc1cc(Br)ccc1N1CCC(CNC(C)C)C1. The predicted molar refractivity (Wildman–Crippen MR) is 87.0 cm³/mol. The van der Waals surface area contributed by atoms with Crippen molar-refractivity contribution in [2.45, 2.75) is 39.7 Å². The zero-order valence-electron chi connectivity index (χ0n) is 12.2. The number of halogens is 1. The molecule has 106 valence electrons. The third-order valence-corrected chi connectivity index (χ3v) is 4.36. The lowest BCUT2D eigenvalue weighted by Gasteiger charge is -2.22. The molecule has 1 N–H and O–H groups in total. The first kappa shape index (κ1) is 14.9.